The molecule has 0 saturated carbocycles. The average Bonchev–Trinajstić information content (AvgIpc) is 2.60. The van der Waals surface area contributed by atoms with Crippen molar-refractivity contribution < 1.29 is 19.1 Å². The summed E-state index contributed by atoms with van der Waals surface area (Å²) in [6.07, 6.45) is 0. The Morgan fingerprint density at radius 3 is 1.96 bits per heavy atom. The number of hydrogen-bond acceptors (Lipinski definition) is 4. The molecule has 0 aliphatic carbocycles. The van der Waals surface area contributed by atoms with Gasteiger partial charge in [0.2, 0.25) is 0 Å². The number of esters is 1. The lowest BCUT2D eigenvalue weighted by atomic mass is 9.78. The van der Waals surface area contributed by atoms with Crippen LogP contribution < -0.4 is 0 Å². The zero-order chi connectivity index (χ0) is 17.5. The summed E-state index contributed by atoms with van der Waals surface area (Å²) in [7, 11) is 0. The maximum Gasteiger partial charge on any atom is 0.317 e. The molecule has 0 aliphatic heterocycles. The molecule has 4 heteroatoms. The van der Waals surface area contributed by atoms with Crippen LogP contribution in [0.2, 0.25) is 0 Å². The summed E-state index contributed by atoms with van der Waals surface area (Å²) in [5, 5.41) is 0. The molecule has 0 saturated heterocycles. The highest BCUT2D eigenvalue weighted by molar-refractivity contribution is 6.09. The molecule has 2 unspecified atom stereocenters. The van der Waals surface area contributed by atoms with Crippen molar-refractivity contribution in [2.24, 2.45) is 5.92 Å². The van der Waals surface area contributed by atoms with Gasteiger partial charge >= 0.3 is 5.97 Å². The van der Waals surface area contributed by atoms with E-state index < -0.39 is 17.8 Å². The lowest BCUT2D eigenvalue weighted by Gasteiger charge is -2.23. The third kappa shape index (κ3) is 3.96. The molecule has 24 heavy (non-hydrogen) atoms. The van der Waals surface area contributed by atoms with Crippen molar-refractivity contribution >= 4 is 17.5 Å². The summed E-state index contributed by atoms with van der Waals surface area (Å²) in [6, 6.07) is 17.6. The van der Waals surface area contributed by atoms with Crippen LogP contribution in [0.3, 0.4) is 0 Å². The second-order valence-corrected chi connectivity index (χ2v) is 5.46. The molecule has 0 aliphatic rings. The molecule has 2 aromatic carbocycles. The highest BCUT2D eigenvalue weighted by Gasteiger charge is 2.39. The molecule has 0 amide bonds. The summed E-state index contributed by atoms with van der Waals surface area (Å²) in [6.45, 7) is 3.14. The van der Waals surface area contributed by atoms with Crippen molar-refractivity contribution in [1.82, 2.24) is 0 Å². The number of ether oxygens (including phenoxy) is 1. The molecule has 0 spiro atoms. The van der Waals surface area contributed by atoms with Gasteiger partial charge in [0.1, 0.15) is 11.7 Å². The number of hydrogen-bond donors (Lipinski definition) is 0. The van der Waals surface area contributed by atoms with Crippen LogP contribution >= 0.6 is 0 Å². The number of ketones is 2. The van der Waals surface area contributed by atoms with Crippen LogP contribution in [0, 0.1) is 5.92 Å². The second kappa shape index (κ2) is 8.20. The standard InChI is InChI=1S/C20H20O4/c1-3-24-20(23)17(14(2)21)18(15-10-6-4-7-11-15)19(22)16-12-8-5-9-13-16/h4-13,17-18H,3H2,1-2H3. The summed E-state index contributed by atoms with van der Waals surface area (Å²) in [4.78, 5) is 37.5. The van der Waals surface area contributed by atoms with E-state index >= 15 is 0 Å². The summed E-state index contributed by atoms with van der Waals surface area (Å²) in [5.41, 5.74) is 1.08. The van der Waals surface area contributed by atoms with Crippen molar-refractivity contribution in [3.63, 3.8) is 0 Å². The predicted octanol–water partition coefficient (Wildman–Crippen LogP) is 3.42. The van der Waals surface area contributed by atoms with Gasteiger partial charge in [-0.3, -0.25) is 14.4 Å². The molecule has 0 radical (unpaired) electrons. The van der Waals surface area contributed by atoms with Crippen molar-refractivity contribution in [2.45, 2.75) is 19.8 Å². The van der Waals surface area contributed by atoms with Crippen molar-refractivity contribution in [3.8, 4) is 0 Å². The zero-order valence-electron chi connectivity index (χ0n) is 13.8. The van der Waals surface area contributed by atoms with Gasteiger partial charge in [0.15, 0.2) is 5.78 Å². The predicted molar refractivity (Wildman–Crippen MR) is 90.8 cm³/mol. The van der Waals surface area contributed by atoms with E-state index in [4.69, 9.17) is 4.74 Å². The Morgan fingerprint density at radius 2 is 1.46 bits per heavy atom. The second-order valence-electron chi connectivity index (χ2n) is 5.46. The number of carbonyl (C=O) groups excluding carboxylic acids is 3. The first-order valence-corrected chi connectivity index (χ1v) is 7.87. The normalized spacial score (nSPS) is 12.9. The lowest BCUT2D eigenvalue weighted by Crippen LogP contribution is -2.34. The Balaban J connectivity index is 2.51. The highest BCUT2D eigenvalue weighted by atomic mass is 16.5. The Bertz CT molecular complexity index is 707. The van der Waals surface area contributed by atoms with Crippen molar-refractivity contribution in [3.05, 3.63) is 71.8 Å². The Labute approximate surface area is 141 Å². The third-order valence-electron chi connectivity index (χ3n) is 3.81. The first kappa shape index (κ1) is 17.6. The van der Waals surface area contributed by atoms with Crippen LogP contribution in [0.4, 0.5) is 0 Å². The van der Waals surface area contributed by atoms with E-state index in [9.17, 15) is 14.4 Å². The average molecular weight is 324 g/mol. The largest absolute Gasteiger partial charge is 0.465 e. The fourth-order valence-electron chi connectivity index (χ4n) is 2.71. The van der Waals surface area contributed by atoms with Gasteiger partial charge in [0.25, 0.3) is 0 Å². The molecule has 0 aromatic heterocycles. The van der Waals surface area contributed by atoms with E-state index in [1.165, 1.54) is 6.92 Å². The maximum atomic E-state index is 13.0. The molecular weight excluding hydrogens is 304 g/mol. The Kier molecular flexibility index (Phi) is 6.01. The van der Waals surface area contributed by atoms with Gasteiger partial charge in [0.05, 0.1) is 12.5 Å². The van der Waals surface area contributed by atoms with Crippen LogP contribution in [0.15, 0.2) is 60.7 Å². The fraction of sp³-hybridized carbons (Fsp3) is 0.250. The number of Topliss-reactive ketones (excluding diaryl/α,β-unsaturated/α-hetero) is 2. The summed E-state index contributed by atoms with van der Waals surface area (Å²) in [5.74, 6) is -3.37. The Hall–Kier alpha value is -2.75. The molecule has 2 aromatic rings. The van der Waals surface area contributed by atoms with E-state index in [0.717, 1.165) is 0 Å². The highest BCUT2D eigenvalue weighted by Crippen LogP contribution is 2.30. The third-order valence-corrected chi connectivity index (χ3v) is 3.81. The summed E-state index contributed by atoms with van der Waals surface area (Å²) >= 11 is 0. The molecule has 124 valence electrons. The minimum absolute atomic E-state index is 0.156. The van der Waals surface area contributed by atoms with Gasteiger partial charge in [-0.2, -0.15) is 0 Å². The smallest absolute Gasteiger partial charge is 0.317 e. The van der Waals surface area contributed by atoms with Crippen LogP contribution in [0.1, 0.15) is 35.7 Å². The molecule has 0 fully saturated rings. The number of carbonyl (C=O) groups is 3. The molecule has 0 N–H and O–H groups in total. The topological polar surface area (TPSA) is 60.4 Å². The lowest BCUT2D eigenvalue weighted by molar-refractivity contribution is -0.151. The molecule has 2 rings (SSSR count). The number of benzene rings is 2. The van der Waals surface area contributed by atoms with E-state index in [0.29, 0.717) is 11.1 Å². The van der Waals surface area contributed by atoms with Crippen LogP contribution in [-0.4, -0.2) is 24.1 Å². The SMILES string of the molecule is CCOC(=O)C(C(C)=O)C(C(=O)c1ccccc1)c1ccccc1. The van der Waals surface area contributed by atoms with Gasteiger partial charge in [-0.25, -0.2) is 0 Å². The van der Waals surface area contributed by atoms with Crippen molar-refractivity contribution in [2.75, 3.05) is 6.61 Å². The molecular formula is C20H20O4. The minimum atomic E-state index is -1.15. The van der Waals surface area contributed by atoms with Gasteiger partial charge in [-0.05, 0) is 19.4 Å². The van der Waals surface area contributed by atoms with Gasteiger partial charge in [0, 0.05) is 5.56 Å². The van der Waals surface area contributed by atoms with Crippen LogP contribution in [0.5, 0.6) is 0 Å². The van der Waals surface area contributed by atoms with E-state index in [-0.39, 0.29) is 18.2 Å². The quantitative estimate of drug-likeness (QED) is 0.445. The van der Waals surface area contributed by atoms with E-state index in [1.54, 1.807) is 55.5 Å². The molecule has 0 bridgehead atoms. The van der Waals surface area contributed by atoms with E-state index in [2.05, 4.69) is 0 Å². The summed E-state index contributed by atoms with van der Waals surface area (Å²) < 4.78 is 5.04. The Morgan fingerprint density at radius 1 is 0.917 bits per heavy atom. The molecule has 0 heterocycles. The number of rotatable bonds is 7. The van der Waals surface area contributed by atoms with E-state index in [1.807, 2.05) is 12.1 Å². The molecule has 2 atom stereocenters. The van der Waals surface area contributed by atoms with Crippen LogP contribution in [-0.2, 0) is 14.3 Å². The van der Waals surface area contributed by atoms with Gasteiger partial charge in [-0.15, -0.1) is 0 Å². The maximum absolute atomic E-state index is 13.0. The first-order valence-electron chi connectivity index (χ1n) is 7.87. The monoisotopic (exact) mass is 324 g/mol. The minimum Gasteiger partial charge on any atom is -0.465 e. The first-order chi connectivity index (χ1) is 11.6. The van der Waals surface area contributed by atoms with Gasteiger partial charge < -0.3 is 4.74 Å². The van der Waals surface area contributed by atoms with Gasteiger partial charge in [-0.1, -0.05) is 60.7 Å². The fourth-order valence-corrected chi connectivity index (χ4v) is 2.71. The van der Waals surface area contributed by atoms with Crippen LogP contribution in [0.25, 0.3) is 0 Å². The molecule has 4 nitrogen and oxygen atoms in total. The zero-order valence-corrected chi connectivity index (χ0v) is 13.8. The van der Waals surface area contributed by atoms with Crippen molar-refractivity contribution in [1.29, 1.82) is 0 Å².